The van der Waals surface area contributed by atoms with Gasteiger partial charge in [-0.25, -0.2) is 14.2 Å². The predicted molar refractivity (Wildman–Crippen MR) is 111 cm³/mol. The molecule has 2 aromatic heterocycles. The Labute approximate surface area is 167 Å². The first-order valence-corrected chi connectivity index (χ1v) is 9.37. The van der Waals surface area contributed by atoms with Gasteiger partial charge in [0.2, 0.25) is 0 Å². The summed E-state index contributed by atoms with van der Waals surface area (Å²) in [4.78, 5) is 24.0. The Morgan fingerprint density at radius 1 is 1.17 bits per heavy atom. The molecule has 0 aliphatic heterocycles. The molecule has 29 heavy (non-hydrogen) atoms. The van der Waals surface area contributed by atoms with Crippen molar-refractivity contribution in [2.45, 2.75) is 26.8 Å². The van der Waals surface area contributed by atoms with E-state index in [9.17, 15) is 14.3 Å². The molecule has 0 spiro atoms. The molecule has 0 aliphatic rings. The molecule has 2 heterocycles. The van der Waals surface area contributed by atoms with Crippen molar-refractivity contribution in [3.63, 3.8) is 0 Å². The quantitative estimate of drug-likeness (QED) is 0.426. The lowest BCUT2D eigenvalue weighted by molar-refractivity contribution is 0.0950. The van der Waals surface area contributed by atoms with E-state index in [4.69, 9.17) is 0 Å². The first kappa shape index (κ1) is 19.0. The molecule has 0 aliphatic carbocycles. The number of aromatic nitrogens is 3. The van der Waals surface area contributed by atoms with Crippen LogP contribution in [0.25, 0.3) is 33.1 Å². The van der Waals surface area contributed by atoms with Gasteiger partial charge in [0.15, 0.2) is 0 Å². The van der Waals surface area contributed by atoms with Crippen molar-refractivity contribution in [3.8, 4) is 11.1 Å². The van der Waals surface area contributed by atoms with Crippen molar-refractivity contribution in [3.05, 3.63) is 54.2 Å². The Balaban J connectivity index is 1.80. The van der Waals surface area contributed by atoms with Gasteiger partial charge in [-0.3, -0.25) is 0 Å². The van der Waals surface area contributed by atoms with Crippen LogP contribution in [0, 0.1) is 11.2 Å². The highest BCUT2D eigenvalue weighted by molar-refractivity contribution is 5.97. The van der Waals surface area contributed by atoms with Crippen molar-refractivity contribution < 1.29 is 14.3 Å². The van der Waals surface area contributed by atoms with E-state index < -0.39 is 12.1 Å². The van der Waals surface area contributed by atoms with E-state index in [0.29, 0.717) is 5.82 Å². The van der Waals surface area contributed by atoms with Crippen LogP contribution in [0.2, 0.25) is 0 Å². The molecule has 4 aromatic rings. The monoisotopic (exact) mass is 394 g/mol. The summed E-state index contributed by atoms with van der Waals surface area (Å²) in [5, 5.41) is 10.4. The van der Waals surface area contributed by atoms with Crippen LogP contribution in [0.5, 0.6) is 0 Å². The molecule has 1 amide bonds. The van der Waals surface area contributed by atoms with E-state index in [-0.39, 0.29) is 11.2 Å². The molecule has 1 unspecified atom stereocenters. The Morgan fingerprint density at radius 2 is 1.93 bits per heavy atom. The average molecular weight is 394 g/mol. The van der Waals surface area contributed by atoms with E-state index in [2.05, 4.69) is 15.0 Å². The van der Waals surface area contributed by atoms with Crippen LogP contribution in [0.15, 0.2) is 42.6 Å². The van der Waals surface area contributed by atoms with E-state index in [1.807, 2.05) is 45.2 Å². The van der Waals surface area contributed by atoms with Crippen LogP contribution < -0.4 is 0 Å². The van der Waals surface area contributed by atoms with Crippen molar-refractivity contribution in [1.82, 2.24) is 19.9 Å². The van der Waals surface area contributed by atoms with E-state index in [1.54, 1.807) is 13.1 Å². The summed E-state index contributed by atoms with van der Waals surface area (Å²) in [6.07, 6.45) is 0.857. The first-order valence-electron chi connectivity index (χ1n) is 9.37. The third-order valence-corrected chi connectivity index (χ3v) is 5.22. The number of carbonyl (C=O) groups is 1. The van der Waals surface area contributed by atoms with Crippen LogP contribution >= 0.6 is 0 Å². The standard InChI is InChI=1S/C22H23FN4O2/c1-22(2,3)19(27(4)21(28)29)20-25-16-8-5-12(9-18(16)26-20)15-11-24-17-10-13(23)6-7-14(15)17/h5-11,19,24H,1-4H3,(H,25,26)(H,28,29). The van der Waals surface area contributed by atoms with Crippen LogP contribution in [0.1, 0.15) is 32.6 Å². The maximum atomic E-state index is 13.5. The van der Waals surface area contributed by atoms with Gasteiger partial charge in [-0.1, -0.05) is 26.8 Å². The fourth-order valence-corrected chi connectivity index (χ4v) is 3.95. The second kappa shape index (κ2) is 6.62. The predicted octanol–water partition coefficient (Wildman–Crippen LogP) is 5.55. The molecule has 0 bridgehead atoms. The molecule has 6 nitrogen and oxygen atoms in total. The first-order chi connectivity index (χ1) is 13.6. The largest absolute Gasteiger partial charge is 0.465 e. The van der Waals surface area contributed by atoms with E-state index in [0.717, 1.165) is 33.1 Å². The van der Waals surface area contributed by atoms with Crippen molar-refractivity contribution in [2.75, 3.05) is 7.05 Å². The van der Waals surface area contributed by atoms with Gasteiger partial charge in [-0.2, -0.15) is 0 Å². The lowest BCUT2D eigenvalue weighted by Gasteiger charge is -2.34. The topological polar surface area (TPSA) is 85.0 Å². The zero-order chi connectivity index (χ0) is 20.9. The maximum Gasteiger partial charge on any atom is 0.407 e. The fraction of sp³-hybridized carbons (Fsp3) is 0.273. The summed E-state index contributed by atoms with van der Waals surface area (Å²) in [5.41, 5.74) is 3.91. The number of hydrogen-bond acceptors (Lipinski definition) is 2. The normalized spacial score (nSPS) is 13.1. The molecule has 0 fully saturated rings. The second-order valence-corrected chi connectivity index (χ2v) is 8.41. The maximum absolute atomic E-state index is 13.5. The van der Waals surface area contributed by atoms with E-state index in [1.165, 1.54) is 17.0 Å². The zero-order valence-corrected chi connectivity index (χ0v) is 16.7. The lowest BCUT2D eigenvalue weighted by atomic mass is 9.85. The Hall–Kier alpha value is -3.35. The Bertz CT molecular complexity index is 1220. The average Bonchev–Trinajstić information content (AvgIpc) is 3.22. The highest BCUT2D eigenvalue weighted by atomic mass is 19.1. The molecule has 0 saturated heterocycles. The zero-order valence-electron chi connectivity index (χ0n) is 16.7. The molecule has 0 radical (unpaired) electrons. The second-order valence-electron chi connectivity index (χ2n) is 8.41. The minimum absolute atomic E-state index is 0.282. The highest BCUT2D eigenvalue weighted by Crippen LogP contribution is 2.37. The number of nitrogens with zero attached hydrogens (tertiary/aromatic N) is 2. The number of H-pyrrole nitrogens is 2. The number of fused-ring (bicyclic) bond motifs is 2. The smallest absolute Gasteiger partial charge is 0.407 e. The molecule has 4 rings (SSSR count). The van der Waals surface area contributed by atoms with E-state index >= 15 is 0 Å². The van der Waals surface area contributed by atoms with Crippen molar-refractivity contribution in [1.29, 1.82) is 0 Å². The number of amides is 1. The third kappa shape index (κ3) is 3.33. The van der Waals surface area contributed by atoms with Gasteiger partial charge in [0.25, 0.3) is 0 Å². The van der Waals surface area contributed by atoms with Crippen LogP contribution in [0.3, 0.4) is 0 Å². The van der Waals surface area contributed by atoms with Gasteiger partial charge < -0.3 is 20.0 Å². The summed E-state index contributed by atoms with van der Waals surface area (Å²) in [6, 6.07) is 10.1. The summed E-state index contributed by atoms with van der Waals surface area (Å²) < 4.78 is 13.5. The summed E-state index contributed by atoms with van der Waals surface area (Å²) in [5.74, 6) is 0.325. The number of carboxylic acid groups (broad SMARTS) is 1. The number of rotatable bonds is 3. The number of hydrogen-bond donors (Lipinski definition) is 3. The summed E-state index contributed by atoms with van der Waals surface area (Å²) in [6.45, 7) is 5.96. The summed E-state index contributed by atoms with van der Waals surface area (Å²) >= 11 is 0. The number of aromatic amines is 2. The van der Waals surface area contributed by atoms with Gasteiger partial charge >= 0.3 is 6.09 Å². The Morgan fingerprint density at radius 3 is 2.62 bits per heavy atom. The van der Waals surface area contributed by atoms with Crippen LogP contribution in [0.4, 0.5) is 9.18 Å². The number of halogens is 1. The highest BCUT2D eigenvalue weighted by Gasteiger charge is 2.35. The molecule has 0 saturated carbocycles. The fourth-order valence-electron chi connectivity index (χ4n) is 3.95. The van der Waals surface area contributed by atoms with Gasteiger partial charge in [-0.15, -0.1) is 0 Å². The lowest BCUT2D eigenvalue weighted by Crippen LogP contribution is -2.38. The number of nitrogens with one attached hydrogen (secondary N) is 2. The number of imidazole rings is 1. The SMILES string of the molecule is CN(C(=O)O)C(c1nc2ccc(-c3c[nH]c4cc(F)ccc34)cc2[nH]1)C(C)(C)C. The van der Waals surface area contributed by atoms with Gasteiger partial charge in [0.05, 0.1) is 17.1 Å². The molecule has 150 valence electrons. The molecule has 2 aromatic carbocycles. The van der Waals surface area contributed by atoms with Gasteiger partial charge in [-0.05, 0) is 41.3 Å². The van der Waals surface area contributed by atoms with Crippen molar-refractivity contribution >= 4 is 28.0 Å². The molecule has 7 heteroatoms. The Kier molecular flexibility index (Phi) is 4.33. The molecular formula is C22H23FN4O2. The summed E-state index contributed by atoms with van der Waals surface area (Å²) in [7, 11) is 1.56. The minimum Gasteiger partial charge on any atom is -0.465 e. The minimum atomic E-state index is -1.00. The van der Waals surface area contributed by atoms with Crippen molar-refractivity contribution in [2.24, 2.45) is 5.41 Å². The van der Waals surface area contributed by atoms with Crippen LogP contribution in [-0.4, -0.2) is 38.1 Å². The number of benzene rings is 2. The van der Waals surface area contributed by atoms with Gasteiger partial charge in [0, 0.05) is 29.7 Å². The van der Waals surface area contributed by atoms with Gasteiger partial charge in [0.1, 0.15) is 11.6 Å². The molecule has 1 atom stereocenters. The molecular weight excluding hydrogens is 371 g/mol. The van der Waals surface area contributed by atoms with Crippen LogP contribution in [-0.2, 0) is 0 Å². The molecule has 3 N–H and O–H groups in total. The third-order valence-electron chi connectivity index (χ3n) is 5.22.